The molecular formula is C26H35N5O2. The molecule has 33 heavy (non-hydrogen) atoms. The Morgan fingerprint density at radius 1 is 1.27 bits per heavy atom. The van der Waals surface area contributed by atoms with Crippen molar-refractivity contribution in [3.8, 4) is 6.07 Å². The van der Waals surface area contributed by atoms with Crippen molar-refractivity contribution in [1.82, 2.24) is 20.2 Å². The SMILES string of the molecule is CC(C)(OC(=O)N1CCN[C@@H]([C@H](Cc2ccc(C#N)cc2)c2cnc[nH]2)C1)C1CCCCC1. The van der Waals surface area contributed by atoms with Crippen LogP contribution in [0.5, 0.6) is 0 Å². The highest BCUT2D eigenvalue weighted by atomic mass is 16.6. The minimum Gasteiger partial charge on any atom is -0.443 e. The Labute approximate surface area is 196 Å². The maximum absolute atomic E-state index is 13.2. The van der Waals surface area contributed by atoms with E-state index in [0.29, 0.717) is 24.6 Å². The summed E-state index contributed by atoms with van der Waals surface area (Å²) in [6.45, 7) is 6.08. The highest BCUT2D eigenvalue weighted by Crippen LogP contribution is 2.35. The molecular weight excluding hydrogens is 414 g/mol. The van der Waals surface area contributed by atoms with E-state index in [4.69, 9.17) is 10.00 Å². The summed E-state index contributed by atoms with van der Waals surface area (Å²) < 4.78 is 6.09. The van der Waals surface area contributed by atoms with Crippen molar-refractivity contribution in [3.63, 3.8) is 0 Å². The highest BCUT2D eigenvalue weighted by molar-refractivity contribution is 5.68. The molecule has 7 heteroatoms. The number of carbonyl (C=O) groups excluding carboxylic acids is 1. The zero-order chi connectivity index (χ0) is 23.3. The van der Waals surface area contributed by atoms with Crippen LogP contribution in [0.4, 0.5) is 4.79 Å². The fourth-order valence-corrected chi connectivity index (χ4v) is 5.29. The predicted octanol–water partition coefficient (Wildman–Crippen LogP) is 4.38. The van der Waals surface area contributed by atoms with Gasteiger partial charge in [-0.3, -0.25) is 0 Å². The number of amides is 1. The first-order valence-corrected chi connectivity index (χ1v) is 12.1. The summed E-state index contributed by atoms with van der Waals surface area (Å²) in [5.41, 5.74) is 2.40. The van der Waals surface area contributed by atoms with E-state index in [0.717, 1.165) is 37.1 Å². The first-order chi connectivity index (χ1) is 16.0. The topological polar surface area (TPSA) is 94.0 Å². The summed E-state index contributed by atoms with van der Waals surface area (Å²) in [6, 6.07) is 9.95. The van der Waals surface area contributed by atoms with E-state index in [-0.39, 0.29) is 18.1 Å². The smallest absolute Gasteiger partial charge is 0.410 e. The summed E-state index contributed by atoms with van der Waals surface area (Å²) in [7, 11) is 0. The molecule has 1 aliphatic carbocycles. The predicted molar refractivity (Wildman–Crippen MR) is 127 cm³/mol. The van der Waals surface area contributed by atoms with Crippen LogP contribution in [0.15, 0.2) is 36.8 Å². The second-order valence-electron chi connectivity index (χ2n) is 9.94. The van der Waals surface area contributed by atoms with Gasteiger partial charge < -0.3 is 19.9 Å². The molecule has 1 saturated heterocycles. The number of hydrogen-bond donors (Lipinski definition) is 2. The highest BCUT2D eigenvalue weighted by Gasteiger charge is 2.37. The molecule has 2 N–H and O–H groups in total. The van der Waals surface area contributed by atoms with Crippen LogP contribution in [0.3, 0.4) is 0 Å². The molecule has 1 aromatic carbocycles. The van der Waals surface area contributed by atoms with E-state index in [1.54, 1.807) is 6.33 Å². The standard InChI is InChI=1S/C26H35N5O2/c1-26(2,21-6-4-3-5-7-21)33-25(32)31-13-12-29-24(17-31)22(23-16-28-18-30-23)14-19-8-10-20(15-27)11-9-19/h8-11,16,18,21-22,24,29H,3-7,12-14,17H2,1-2H3,(H,28,30)/t22-,24-/m1/s1. The summed E-state index contributed by atoms with van der Waals surface area (Å²) in [6.07, 6.45) is 10.1. The number of hydrogen-bond acceptors (Lipinski definition) is 5. The fourth-order valence-electron chi connectivity index (χ4n) is 5.29. The third-order valence-corrected chi connectivity index (χ3v) is 7.35. The third-order valence-electron chi connectivity index (χ3n) is 7.35. The molecule has 1 aromatic heterocycles. The summed E-state index contributed by atoms with van der Waals surface area (Å²) in [5.74, 6) is 0.547. The Kier molecular flexibility index (Phi) is 7.34. The van der Waals surface area contributed by atoms with Gasteiger partial charge >= 0.3 is 6.09 Å². The molecule has 176 valence electrons. The van der Waals surface area contributed by atoms with Crippen molar-refractivity contribution >= 4 is 6.09 Å². The first-order valence-electron chi connectivity index (χ1n) is 12.1. The number of aromatic nitrogens is 2. The Balaban J connectivity index is 1.44. The minimum atomic E-state index is -0.441. The lowest BCUT2D eigenvalue weighted by Crippen LogP contribution is -2.56. The van der Waals surface area contributed by atoms with Crippen molar-refractivity contribution in [2.24, 2.45) is 5.92 Å². The van der Waals surface area contributed by atoms with Crippen LogP contribution in [0.25, 0.3) is 0 Å². The normalized spacial score (nSPS) is 20.8. The van der Waals surface area contributed by atoms with Gasteiger partial charge in [0.2, 0.25) is 0 Å². The van der Waals surface area contributed by atoms with Gasteiger partial charge in [0.15, 0.2) is 0 Å². The number of nitrogens with zero attached hydrogens (tertiary/aromatic N) is 3. The number of piperazine rings is 1. The number of imidazole rings is 1. The molecule has 2 aromatic rings. The number of benzene rings is 1. The Hall–Kier alpha value is -2.85. The number of nitrogens with one attached hydrogen (secondary N) is 2. The largest absolute Gasteiger partial charge is 0.443 e. The molecule has 0 unspecified atom stereocenters. The average molecular weight is 450 g/mol. The van der Waals surface area contributed by atoms with Gasteiger partial charge in [0.1, 0.15) is 5.60 Å². The molecule has 7 nitrogen and oxygen atoms in total. The molecule has 2 fully saturated rings. The molecule has 2 heterocycles. The number of aromatic amines is 1. The van der Waals surface area contributed by atoms with E-state index in [2.05, 4.69) is 35.2 Å². The van der Waals surface area contributed by atoms with E-state index in [1.807, 2.05) is 35.4 Å². The molecule has 0 spiro atoms. The zero-order valence-corrected chi connectivity index (χ0v) is 19.7. The molecule has 0 bridgehead atoms. The molecule has 1 saturated carbocycles. The van der Waals surface area contributed by atoms with Gasteiger partial charge in [0, 0.05) is 43.5 Å². The first kappa shape index (κ1) is 23.3. The molecule has 0 radical (unpaired) electrons. The number of nitriles is 1. The zero-order valence-electron chi connectivity index (χ0n) is 19.7. The monoisotopic (exact) mass is 449 g/mol. The van der Waals surface area contributed by atoms with Gasteiger partial charge in [-0.1, -0.05) is 31.4 Å². The third kappa shape index (κ3) is 5.75. The van der Waals surface area contributed by atoms with E-state index in [1.165, 1.54) is 19.3 Å². The summed E-state index contributed by atoms with van der Waals surface area (Å²) in [5, 5.41) is 12.7. The van der Waals surface area contributed by atoms with E-state index in [9.17, 15) is 4.79 Å². The van der Waals surface area contributed by atoms with Crippen molar-refractivity contribution in [3.05, 3.63) is 53.6 Å². The lowest BCUT2D eigenvalue weighted by Gasteiger charge is -2.41. The van der Waals surface area contributed by atoms with Gasteiger partial charge in [0.05, 0.1) is 18.0 Å². The lowest BCUT2D eigenvalue weighted by molar-refractivity contribution is -0.0377. The van der Waals surface area contributed by atoms with E-state index >= 15 is 0 Å². The molecule has 2 atom stereocenters. The number of carbonyl (C=O) groups is 1. The molecule has 1 aliphatic heterocycles. The van der Waals surface area contributed by atoms with Gasteiger partial charge in [-0.25, -0.2) is 9.78 Å². The maximum atomic E-state index is 13.2. The lowest BCUT2D eigenvalue weighted by atomic mass is 9.79. The van der Waals surface area contributed by atoms with Crippen LogP contribution in [-0.4, -0.2) is 52.2 Å². The molecule has 1 amide bonds. The fraction of sp³-hybridized carbons (Fsp3) is 0.577. The van der Waals surface area contributed by atoms with Crippen LogP contribution in [0.1, 0.15) is 68.7 Å². The van der Waals surface area contributed by atoms with Crippen molar-refractivity contribution in [2.45, 2.75) is 69.9 Å². The van der Waals surface area contributed by atoms with Crippen LogP contribution in [-0.2, 0) is 11.2 Å². The molecule has 2 aliphatic rings. The van der Waals surface area contributed by atoms with Crippen molar-refractivity contribution in [2.75, 3.05) is 19.6 Å². The molecule has 4 rings (SSSR count). The van der Waals surface area contributed by atoms with Gasteiger partial charge in [-0.2, -0.15) is 5.26 Å². The van der Waals surface area contributed by atoms with Gasteiger partial charge in [0.25, 0.3) is 0 Å². The second-order valence-corrected chi connectivity index (χ2v) is 9.94. The van der Waals surface area contributed by atoms with Crippen molar-refractivity contribution in [1.29, 1.82) is 5.26 Å². The Morgan fingerprint density at radius 3 is 2.70 bits per heavy atom. The van der Waals surface area contributed by atoms with E-state index < -0.39 is 5.60 Å². The second kappa shape index (κ2) is 10.4. The Morgan fingerprint density at radius 2 is 2.03 bits per heavy atom. The number of H-pyrrole nitrogens is 1. The number of ether oxygens (including phenoxy) is 1. The maximum Gasteiger partial charge on any atom is 0.410 e. The summed E-state index contributed by atoms with van der Waals surface area (Å²) in [4.78, 5) is 22.5. The van der Waals surface area contributed by atoms with Crippen molar-refractivity contribution < 1.29 is 9.53 Å². The quantitative estimate of drug-likeness (QED) is 0.683. The van der Waals surface area contributed by atoms with Crippen LogP contribution >= 0.6 is 0 Å². The van der Waals surface area contributed by atoms with Gasteiger partial charge in [-0.15, -0.1) is 0 Å². The average Bonchev–Trinajstić information content (AvgIpc) is 3.38. The minimum absolute atomic E-state index is 0.0696. The van der Waals surface area contributed by atoms with Gasteiger partial charge in [-0.05, 0) is 56.7 Å². The Bertz CT molecular complexity index is 942. The van der Waals surface area contributed by atoms with Crippen LogP contribution in [0.2, 0.25) is 0 Å². The summed E-state index contributed by atoms with van der Waals surface area (Å²) >= 11 is 0. The number of rotatable bonds is 6. The van der Waals surface area contributed by atoms with Crippen LogP contribution < -0.4 is 5.32 Å². The van der Waals surface area contributed by atoms with Crippen LogP contribution in [0, 0.1) is 17.2 Å².